The van der Waals surface area contributed by atoms with Crippen LogP contribution >= 0.6 is 11.6 Å². The molecular weight excluding hydrogens is 807 g/mol. The maximum Gasteiger partial charge on any atom is 0.427 e. The molecular formula is C39H49ClF3N5O9S. The number of ether oxygens (including phenoxy) is 3. The number of allylic oxidation sites excluding steroid dienone is 1. The highest BCUT2D eigenvalue weighted by Crippen LogP contribution is 2.48. The molecule has 2 aromatic rings. The van der Waals surface area contributed by atoms with Gasteiger partial charge < -0.3 is 29.7 Å². The number of alkyl carbamates (subject to hydrolysis) is 1. The van der Waals surface area contributed by atoms with Crippen LogP contribution in [0.15, 0.2) is 36.5 Å². The van der Waals surface area contributed by atoms with Crippen molar-refractivity contribution >= 4 is 56.2 Å². The summed E-state index contributed by atoms with van der Waals surface area (Å²) in [5.74, 6) is -3.28. The van der Waals surface area contributed by atoms with Crippen molar-refractivity contribution in [1.29, 1.82) is 0 Å². The molecule has 19 heteroatoms. The van der Waals surface area contributed by atoms with E-state index in [2.05, 4.69) is 20.3 Å². The minimum Gasteiger partial charge on any atom is -0.494 e. The summed E-state index contributed by atoms with van der Waals surface area (Å²) < 4.78 is 85.2. The molecule has 4 amide bonds. The second-order valence-corrected chi connectivity index (χ2v) is 19.3. The zero-order chi connectivity index (χ0) is 42.6. The van der Waals surface area contributed by atoms with Gasteiger partial charge in [-0.3, -0.25) is 19.1 Å². The minimum atomic E-state index is -4.92. The van der Waals surface area contributed by atoms with Gasteiger partial charge in [0.1, 0.15) is 29.5 Å². The lowest BCUT2D eigenvalue weighted by molar-refractivity contribution is -0.244. The molecule has 2 aliphatic heterocycles. The molecule has 2 saturated carbocycles. The Bertz CT molecular complexity index is 2110. The first-order valence-corrected chi connectivity index (χ1v) is 21.1. The van der Waals surface area contributed by atoms with Crippen LogP contribution in [0.4, 0.5) is 18.0 Å². The molecule has 1 aromatic heterocycles. The molecule has 0 radical (unpaired) electrons. The number of alkyl halides is 3. The molecule has 7 atom stereocenters. The van der Waals surface area contributed by atoms with E-state index in [9.17, 15) is 40.8 Å². The number of halogens is 4. The van der Waals surface area contributed by atoms with Crippen molar-refractivity contribution in [1.82, 2.24) is 25.2 Å². The number of benzene rings is 1. The standard InChI is InChI=1S/C39H49ClF3N5O9S/c1-21-9-7-10-22(2)30(45-35(52)57-36(3,4)39(41,42)43)33(50)48-20-24(56-32-25-11-8-12-26(40)29(25)28(55-6)19-44-32)17-27(48)31(49)46-38(18-23(38)14-13-21)34(51)47-58(53,54)37(5)15-16-37/h8,11-14,19,21-24,27,30H,7,9-10,15-18,20H2,1-6H3,(H,45,52)(H,46,49)(H,47,51)/b14-13-/t21-,22-,23-,24-,27+,30+,38-/m1/s1. The summed E-state index contributed by atoms with van der Waals surface area (Å²) in [6.07, 6.45) is -0.0494. The van der Waals surface area contributed by atoms with Gasteiger partial charge in [0, 0.05) is 23.1 Å². The maximum atomic E-state index is 14.7. The topological polar surface area (TPSA) is 182 Å². The number of pyridine rings is 1. The van der Waals surface area contributed by atoms with Crippen LogP contribution in [-0.2, 0) is 29.1 Å². The molecule has 0 bridgehead atoms. The van der Waals surface area contributed by atoms with Gasteiger partial charge in [0.15, 0.2) is 0 Å². The molecule has 0 unspecified atom stereocenters. The summed E-state index contributed by atoms with van der Waals surface area (Å²) in [5.41, 5.74) is -4.56. The predicted octanol–water partition coefficient (Wildman–Crippen LogP) is 5.57. The van der Waals surface area contributed by atoms with Crippen molar-refractivity contribution in [3.05, 3.63) is 41.6 Å². The number of carbonyl (C=O) groups excluding carboxylic acids is 4. The Morgan fingerprint density at radius 1 is 1.10 bits per heavy atom. The van der Waals surface area contributed by atoms with Crippen molar-refractivity contribution in [2.45, 2.75) is 120 Å². The lowest BCUT2D eigenvalue weighted by atomic mass is 9.92. The van der Waals surface area contributed by atoms with E-state index in [0.717, 1.165) is 4.90 Å². The first kappa shape index (κ1) is 43.3. The Hall–Kier alpha value is -4.32. The summed E-state index contributed by atoms with van der Waals surface area (Å²) in [4.78, 5) is 61.8. The van der Waals surface area contributed by atoms with Gasteiger partial charge in [0.05, 0.1) is 29.6 Å². The third-order valence-corrected chi connectivity index (χ3v) is 14.3. The molecule has 1 saturated heterocycles. The van der Waals surface area contributed by atoms with Gasteiger partial charge in [-0.05, 0) is 76.8 Å². The van der Waals surface area contributed by atoms with E-state index in [1.165, 1.54) is 20.2 Å². The first-order valence-electron chi connectivity index (χ1n) is 19.2. The quantitative estimate of drug-likeness (QED) is 0.284. The second-order valence-electron chi connectivity index (χ2n) is 16.7. The van der Waals surface area contributed by atoms with Crippen LogP contribution in [0.1, 0.15) is 79.6 Å². The fraction of sp³-hybridized carbons (Fsp3) is 0.615. The van der Waals surface area contributed by atoms with E-state index in [0.29, 0.717) is 67.5 Å². The van der Waals surface area contributed by atoms with Crippen molar-refractivity contribution in [3.8, 4) is 11.6 Å². The summed E-state index contributed by atoms with van der Waals surface area (Å²) in [6.45, 7) is 6.26. The van der Waals surface area contributed by atoms with Crippen molar-refractivity contribution in [3.63, 3.8) is 0 Å². The highest BCUT2D eigenvalue weighted by Gasteiger charge is 2.63. The monoisotopic (exact) mass is 855 g/mol. The number of fused-ring (bicyclic) bond motifs is 3. The van der Waals surface area contributed by atoms with Gasteiger partial charge in [-0.1, -0.05) is 50.1 Å². The van der Waals surface area contributed by atoms with E-state index in [1.54, 1.807) is 31.2 Å². The number of rotatable bonds is 8. The van der Waals surface area contributed by atoms with Crippen LogP contribution in [0.5, 0.6) is 11.6 Å². The smallest absolute Gasteiger partial charge is 0.427 e. The lowest BCUT2D eigenvalue weighted by Gasteiger charge is -2.33. The fourth-order valence-corrected chi connectivity index (χ4v) is 9.05. The van der Waals surface area contributed by atoms with Crippen LogP contribution in [0.25, 0.3) is 10.8 Å². The molecule has 4 aliphatic rings. The molecule has 0 spiro atoms. The predicted molar refractivity (Wildman–Crippen MR) is 206 cm³/mol. The molecule has 58 heavy (non-hydrogen) atoms. The third-order valence-electron chi connectivity index (χ3n) is 11.9. The number of amides is 4. The van der Waals surface area contributed by atoms with Crippen LogP contribution < -0.4 is 24.8 Å². The fourth-order valence-electron chi connectivity index (χ4n) is 7.47. The van der Waals surface area contributed by atoms with Crippen LogP contribution in [0.2, 0.25) is 5.02 Å². The van der Waals surface area contributed by atoms with Crippen LogP contribution in [-0.4, -0.2) is 96.0 Å². The highest BCUT2D eigenvalue weighted by atomic mass is 35.5. The van der Waals surface area contributed by atoms with Crippen LogP contribution in [0, 0.1) is 17.8 Å². The van der Waals surface area contributed by atoms with E-state index in [-0.39, 0.29) is 31.2 Å². The van der Waals surface area contributed by atoms with E-state index < -0.39 is 85.9 Å². The number of nitrogens with one attached hydrogen (secondary N) is 3. The number of aromatic nitrogens is 1. The zero-order valence-electron chi connectivity index (χ0n) is 33.1. The molecule has 1 aromatic carbocycles. The third kappa shape index (κ3) is 8.54. The lowest BCUT2D eigenvalue weighted by Crippen LogP contribution is -2.59. The van der Waals surface area contributed by atoms with Gasteiger partial charge in [0.2, 0.25) is 33.3 Å². The molecule has 3 heterocycles. The van der Waals surface area contributed by atoms with Crippen molar-refractivity contribution < 1.29 is 55.0 Å². The second kappa shape index (κ2) is 15.7. The number of hydrogen-bond donors (Lipinski definition) is 3. The number of carbonyl (C=O) groups is 4. The average molecular weight is 856 g/mol. The first-order chi connectivity index (χ1) is 27.0. The molecule has 3 N–H and O–H groups in total. The number of nitrogens with zero attached hydrogens (tertiary/aromatic N) is 2. The SMILES string of the molecule is COc1cnc(O[C@@H]2C[C@H]3C(=O)N[C@]4(C(=O)NS(=O)(=O)C5(C)CC5)C[C@H]4/C=C\[C@H](C)CCC[C@@H](C)[C@H](NC(=O)OC(C)(C)C(F)(F)F)C(=O)N3C2)c2cccc(Cl)c12. The van der Waals surface area contributed by atoms with Gasteiger partial charge in [-0.15, -0.1) is 0 Å². The molecule has 14 nitrogen and oxygen atoms in total. The molecule has 6 rings (SSSR count). The van der Waals surface area contributed by atoms with E-state index >= 15 is 0 Å². The van der Waals surface area contributed by atoms with E-state index in [4.69, 9.17) is 25.8 Å². The summed E-state index contributed by atoms with van der Waals surface area (Å²) >= 11 is 6.51. The van der Waals surface area contributed by atoms with Crippen LogP contribution in [0.3, 0.4) is 0 Å². The molecule has 318 valence electrons. The number of hydrogen-bond acceptors (Lipinski definition) is 10. The Morgan fingerprint density at radius 3 is 2.47 bits per heavy atom. The molecule has 2 aliphatic carbocycles. The van der Waals surface area contributed by atoms with Gasteiger partial charge in [-0.25, -0.2) is 18.2 Å². The number of methoxy groups -OCH3 is 1. The maximum absolute atomic E-state index is 14.7. The largest absolute Gasteiger partial charge is 0.494 e. The van der Waals surface area contributed by atoms with Crippen molar-refractivity contribution in [2.75, 3.05) is 13.7 Å². The van der Waals surface area contributed by atoms with Crippen molar-refractivity contribution in [2.24, 2.45) is 17.8 Å². The Labute approximate surface area is 340 Å². The Kier molecular flexibility index (Phi) is 11.7. The van der Waals surface area contributed by atoms with Gasteiger partial charge in [-0.2, -0.15) is 13.2 Å². The average Bonchev–Trinajstić information content (AvgIpc) is 4.02. The Balaban J connectivity index is 1.36. The normalized spacial score (nSPS) is 29.4. The van der Waals surface area contributed by atoms with E-state index in [1.807, 2.05) is 13.0 Å². The summed E-state index contributed by atoms with van der Waals surface area (Å²) in [7, 11) is -2.64. The van der Waals surface area contributed by atoms with Gasteiger partial charge >= 0.3 is 12.3 Å². The summed E-state index contributed by atoms with van der Waals surface area (Å²) in [5, 5.41) is 6.47. The minimum absolute atomic E-state index is 0.0401. The Morgan fingerprint density at radius 2 is 1.81 bits per heavy atom. The zero-order valence-corrected chi connectivity index (χ0v) is 34.6. The molecule has 3 fully saturated rings. The number of sulfonamides is 1. The summed E-state index contributed by atoms with van der Waals surface area (Å²) in [6, 6.07) is 2.25. The van der Waals surface area contributed by atoms with Gasteiger partial charge in [0.25, 0.3) is 5.91 Å². The highest BCUT2D eigenvalue weighted by molar-refractivity contribution is 7.91.